The number of nitro groups is 1. The van der Waals surface area contributed by atoms with E-state index in [-0.39, 0.29) is 17.7 Å². The maximum atomic E-state index is 13.1. The van der Waals surface area contributed by atoms with Crippen LogP contribution < -0.4 is 10.1 Å². The Kier molecular flexibility index (Phi) is 6.60. The summed E-state index contributed by atoms with van der Waals surface area (Å²) >= 11 is 0. The van der Waals surface area contributed by atoms with Crippen LogP contribution in [0.25, 0.3) is 11.6 Å². The van der Waals surface area contributed by atoms with Crippen LogP contribution in [0.1, 0.15) is 25.0 Å². The van der Waals surface area contributed by atoms with Gasteiger partial charge in [0.25, 0.3) is 11.6 Å². The number of amides is 1. The van der Waals surface area contributed by atoms with Crippen molar-refractivity contribution in [3.63, 3.8) is 0 Å². The Bertz CT molecular complexity index is 1080. The molecule has 1 amide bonds. The van der Waals surface area contributed by atoms with Crippen LogP contribution in [-0.2, 0) is 4.79 Å². The first-order chi connectivity index (χ1) is 14.4. The van der Waals surface area contributed by atoms with Crippen molar-refractivity contribution >= 4 is 28.9 Å². The molecule has 0 aromatic heterocycles. The van der Waals surface area contributed by atoms with E-state index in [2.05, 4.69) is 5.32 Å². The highest BCUT2D eigenvalue weighted by atomic mass is 16.6. The van der Waals surface area contributed by atoms with Gasteiger partial charge in [-0.25, -0.2) is 0 Å². The second-order valence-corrected chi connectivity index (χ2v) is 6.92. The van der Waals surface area contributed by atoms with Crippen molar-refractivity contribution < 1.29 is 14.5 Å². The van der Waals surface area contributed by atoms with Gasteiger partial charge in [0.2, 0.25) is 0 Å². The van der Waals surface area contributed by atoms with Crippen LogP contribution in [0.4, 0.5) is 11.4 Å². The molecule has 0 fully saturated rings. The van der Waals surface area contributed by atoms with E-state index >= 15 is 0 Å². The Morgan fingerprint density at radius 3 is 2.43 bits per heavy atom. The molecule has 0 radical (unpaired) electrons. The lowest BCUT2D eigenvalue weighted by Crippen LogP contribution is -2.14. The fourth-order valence-electron chi connectivity index (χ4n) is 2.91. The number of nitrogens with zero attached hydrogens (tertiary/aromatic N) is 1. The predicted octanol–water partition coefficient (Wildman–Crippen LogP) is 5.56. The summed E-state index contributed by atoms with van der Waals surface area (Å²) in [5.41, 5.74) is 2.23. The molecule has 0 aliphatic rings. The topological polar surface area (TPSA) is 81.5 Å². The quantitative estimate of drug-likeness (QED) is 0.243. The van der Waals surface area contributed by atoms with E-state index in [9.17, 15) is 14.9 Å². The Labute approximate surface area is 175 Å². The normalized spacial score (nSPS) is 11.2. The van der Waals surface area contributed by atoms with Gasteiger partial charge in [0, 0.05) is 29.5 Å². The molecule has 0 unspecified atom stereocenters. The molecule has 0 aliphatic heterocycles. The molecule has 30 heavy (non-hydrogen) atoms. The number of carbonyl (C=O) groups excluding carboxylic acids is 1. The molecule has 0 saturated heterocycles. The highest BCUT2D eigenvalue weighted by Gasteiger charge is 2.14. The maximum Gasteiger partial charge on any atom is 0.270 e. The largest absolute Gasteiger partial charge is 0.491 e. The van der Waals surface area contributed by atoms with E-state index < -0.39 is 4.92 Å². The lowest BCUT2D eigenvalue weighted by atomic mass is 10.0. The molecule has 3 aromatic rings. The van der Waals surface area contributed by atoms with Gasteiger partial charge in [-0.05, 0) is 43.2 Å². The van der Waals surface area contributed by atoms with Gasteiger partial charge in [0.05, 0.1) is 11.0 Å². The molecule has 6 heteroatoms. The second kappa shape index (κ2) is 9.52. The molecule has 3 aromatic carbocycles. The fourth-order valence-corrected chi connectivity index (χ4v) is 2.91. The average Bonchev–Trinajstić information content (AvgIpc) is 2.72. The summed E-state index contributed by atoms with van der Waals surface area (Å²) in [7, 11) is 0. The predicted molar refractivity (Wildman–Crippen MR) is 118 cm³/mol. The molecule has 152 valence electrons. The minimum absolute atomic E-state index is 0.0181. The Hall–Kier alpha value is -3.93. The first-order valence-corrected chi connectivity index (χ1v) is 9.52. The molecule has 6 nitrogen and oxygen atoms in total. The van der Waals surface area contributed by atoms with E-state index in [0.29, 0.717) is 28.1 Å². The standard InChI is InChI=1S/C24H22N2O4/c1-17(2)30-22-13-7-11-20(16-22)25-24(27)23(19-9-4-3-5-10-19)15-18-8-6-12-21(14-18)26(28)29/h3-17H,1-2H3,(H,25,27)/b23-15+. The molecule has 0 bridgehead atoms. The van der Waals surface area contributed by atoms with E-state index in [1.165, 1.54) is 12.1 Å². The van der Waals surface area contributed by atoms with Crippen LogP contribution in [0, 0.1) is 10.1 Å². The smallest absolute Gasteiger partial charge is 0.270 e. The number of rotatable bonds is 7. The van der Waals surface area contributed by atoms with Gasteiger partial charge in [-0.1, -0.05) is 48.5 Å². The Morgan fingerprint density at radius 1 is 1.00 bits per heavy atom. The number of nitro benzene ring substituents is 1. The zero-order chi connectivity index (χ0) is 21.5. The Balaban J connectivity index is 1.94. The number of hydrogen-bond donors (Lipinski definition) is 1. The van der Waals surface area contributed by atoms with Crippen molar-refractivity contribution in [1.29, 1.82) is 0 Å². The molecule has 0 heterocycles. The number of ether oxygens (including phenoxy) is 1. The van der Waals surface area contributed by atoms with Gasteiger partial charge >= 0.3 is 0 Å². The summed E-state index contributed by atoms with van der Waals surface area (Å²) in [4.78, 5) is 23.7. The van der Waals surface area contributed by atoms with Crippen LogP contribution in [0.5, 0.6) is 5.75 Å². The minimum atomic E-state index is -0.459. The zero-order valence-corrected chi connectivity index (χ0v) is 16.7. The van der Waals surface area contributed by atoms with Crippen LogP contribution >= 0.6 is 0 Å². The fraction of sp³-hybridized carbons (Fsp3) is 0.125. The SMILES string of the molecule is CC(C)Oc1cccc(NC(=O)/C(=C/c2cccc([N+](=O)[O-])c2)c2ccccc2)c1. The van der Waals surface area contributed by atoms with Crippen LogP contribution in [0.3, 0.4) is 0 Å². The molecular formula is C24H22N2O4. The molecule has 3 rings (SSSR count). The second-order valence-electron chi connectivity index (χ2n) is 6.92. The summed E-state index contributed by atoms with van der Waals surface area (Å²) in [6.07, 6.45) is 1.66. The average molecular weight is 402 g/mol. The van der Waals surface area contributed by atoms with Gasteiger partial charge in [-0.3, -0.25) is 14.9 Å². The highest BCUT2D eigenvalue weighted by Crippen LogP contribution is 2.24. The molecule has 0 aliphatic carbocycles. The number of non-ortho nitro benzene ring substituents is 1. The molecule has 1 N–H and O–H groups in total. The summed E-state index contributed by atoms with van der Waals surface area (Å²) in [6, 6.07) is 22.5. The van der Waals surface area contributed by atoms with Crippen molar-refractivity contribution in [1.82, 2.24) is 0 Å². The lowest BCUT2D eigenvalue weighted by Gasteiger charge is -2.13. The van der Waals surface area contributed by atoms with Gasteiger partial charge in [0.15, 0.2) is 0 Å². The van der Waals surface area contributed by atoms with E-state index in [0.717, 1.165) is 0 Å². The van der Waals surface area contributed by atoms with Gasteiger partial charge < -0.3 is 10.1 Å². The number of benzene rings is 3. The first-order valence-electron chi connectivity index (χ1n) is 9.52. The third-order valence-corrected chi connectivity index (χ3v) is 4.19. The van der Waals surface area contributed by atoms with Crippen molar-refractivity contribution in [2.75, 3.05) is 5.32 Å². The summed E-state index contributed by atoms with van der Waals surface area (Å²) < 4.78 is 5.68. The van der Waals surface area contributed by atoms with Crippen LogP contribution in [0.2, 0.25) is 0 Å². The summed E-state index contributed by atoms with van der Waals surface area (Å²) in [6.45, 7) is 3.86. The van der Waals surface area contributed by atoms with Gasteiger partial charge in [0.1, 0.15) is 5.75 Å². The van der Waals surface area contributed by atoms with Crippen molar-refractivity contribution in [2.24, 2.45) is 0 Å². The third-order valence-electron chi connectivity index (χ3n) is 4.19. The Morgan fingerprint density at radius 2 is 1.73 bits per heavy atom. The monoisotopic (exact) mass is 402 g/mol. The molecular weight excluding hydrogens is 380 g/mol. The van der Waals surface area contributed by atoms with E-state index in [1.807, 2.05) is 50.2 Å². The number of anilines is 1. The van der Waals surface area contributed by atoms with Crippen molar-refractivity contribution in [3.05, 3.63) is 100 Å². The number of nitrogens with one attached hydrogen (secondary N) is 1. The molecule has 0 saturated carbocycles. The van der Waals surface area contributed by atoms with Crippen molar-refractivity contribution in [2.45, 2.75) is 20.0 Å². The van der Waals surface area contributed by atoms with E-state index in [1.54, 1.807) is 36.4 Å². The van der Waals surface area contributed by atoms with Crippen molar-refractivity contribution in [3.8, 4) is 5.75 Å². The van der Waals surface area contributed by atoms with Gasteiger partial charge in [-0.15, -0.1) is 0 Å². The molecule has 0 atom stereocenters. The molecule has 0 spiro atoms. The maximum absolute atomic E-state index is 13.1. The summed E-state index contributed by atoms with van der Waals surface area (Å²) in [5.74, 6) is 0.334. The van der Waals surface area contributed by atoms with Crippen LogP contribution in [0.15, 0.2) is 78.9 Å². The minimum Gasteiger partial charge on any atom is -0.491 e. The lowest BCUT2D eigenvalue weighted by molar-refractivity contribution is -0.384. The van der Waals surface area contributed by atoms with E-state index in [4.69, 9.17) is 4.74 Å². The zero-order valence-electron chi connectivity index (χ0n) is 16.7. The third kappa shape index (κ3) is 5.54. The first kappa shape index (κ1) is 20.8. The summed E-state index contributed by atoms with van der Waals surface area (Å²) in [5, 5.41) is 14.0. The van der Waals surface area contributed by atoms with Crippen LogP contribution in [-0.4, -0.2) is 16.9 Å². The number of carbonyl (C=O) groups is 1. The number of hydrogen-bond acceptors (Lipinski definition) is 4. The highest BCUT2D eigenvalue weighted by molar-refractivity contribution is 6.29. The van der Waals surface area contributed by atoms with Gasteiger partial charge in [-0.2, -0.15) is 0 Å².